The molecule has 0 aliphatic rings. The standard InChI is InChI=1S/C11H22N4/c1-4-6-9(3)7-15-8-11(13-14-15)10(12)5-2/h8-10H,4-7,12H2,1-3H3. The topological polar surface area (TPSA) is 56.7 Å². The molecular weight excluding hydrogens is 188 g/mol. The van der Waals surface area contributed by atoms with Crippen molar-refractivity contribution in [2.75, 3.05) is 0 Å². The Hall–Kier alpha value is -0.900. The van der Waals surface area contributed by atoms with Gasteiger partial charge >= 0.3 is 0 Å². The molecule has 0 radical (unpaired) electrons. The lowest BCUT2D eigenvalue weighted by Gasteiger charge is -2.08. The third-order valence-corrected chi connectivity index (χ3v) is 2.66. The van der Waals surface area contributed by atoms with Gasteiger partial charge in [-0.3, -0.25) is 4.68 Å². The fourth-order valence-corrected chi connectivity index (χ4v) is 1.69. The van der Waals surface area contributed by atoms with E-state index in [2.05, 4.69) is 31.1 Å². The second-order valence-electron chi connectivity index (χ2n) is 4.27. The highest BCUT2D eigenvalue weighted by molar-refractivity contribution is 4.98. The first-order valence-corrected chi connectivity index (χ1v) is 5.83. The normalized spacial score (nSPS) is 15.2. The van der Waals surface area contributed by atoms with Crippen molar-refractivity contribution in [2.45, 2.75) is 52.6 Å². The maximum atomic E-state index is 5.88. The number of hydrogen-bond acceptors (Lipinski definition) is 3. The first-order valence-electron chi connectivity index (χ1n) is 5.83. The van der Waals surface area contributed by atoms with Crippen molar-refractivity contribution >= 4 is 0 Å². The van der Waals surface area contributed by atoms with Crippen molar-refractivity contribution < 1.29 is 0 Å². The Labute approximate surface area is 91.9 Å². The van der Waals surface area contributed by atoms with E-state index in [0.29, 0.717) is 5.92 Å². The van der Waals surface area contributed by atoms with Gasteiger partial charge in [0.05, 0.1) is 17.9 Å². The fourth-order valence-electron chi connectivity index (χ4n) is 1.69. The smallest absolute Gasteiger partial charge is 0.0993 e. The van der Waals surface area contributed by atoms with Crippen LogP contribution in [0.5, 0.6) is 0 Å². The molecule has 1 heterocycles. The summed E-state index contributed by atoms with van der Waals surface area (Å²) < 4.78 is 1.91. The van der Waals surface area contributed by atoms with Crippen LogP contribution in [0.15, 0.2) is 6.20 Å². The average Bonchev–Trinajstić information content (AvgIpc) is 2.65. The number of nitrogens with zero attached hydrogens (tertiary/aromatic N) is 3. The molecule has 2 atom stereocenters. The lowest BCUT2D eigenvalue weighted by Crippen LogP contribution is -2.09. The molecule has 15 heavy (non-hydrogen) atoms. The summed E-state index contributed by atoms with van der Waals surface area (Å²) in [5.41, 5.74) is 6.79. The Bertz CT molecular complexity index is 282. The second kappa shape index (κ2) is 5.85. The van der Waals surface area contributed by atoms with Crippen molar-refractivity contribution in [1.29, 1.82) is 0 Å². The summed E-state index contributed by atoms with van der Waals surface area (Å²) in [6.45, 7) is 7.45. The van der Waals surface area contributed by atoms with Crippen molar-refractivity contribution in [3.05, 3.63) is 11.9 Å². The zero-order valence-corrected chi connectivity index (χ0v) is 9.98. The second-order valence-corrected chi connectivity index (χ2v) is 4.27. The molecule has 0 aliphatic carbocycles. The number of nitrogens with two attached hydrogens (primary N) is 1. The molecular formula is C11H22N4. The van der Waals surface area contributed by atoms with E-state index in [1.165, 1.54) is 12.8 Å². The first kappa shape index (κ1) is 12.2. The monoisotopic (exact) mass is 210 g/mol. The maximum Gasteiger partial charge on any atom is 0.0993 e. The quantitative estimate of drug-likeness (QED) is 0.782. The zero-order chi connectivity index (χ0) is 11.3. The van der Waals surface area contributed by atoms with E-state index >= 15 is 0 Å². The van der Waals surface area contributed by atoms with Crippen LogP contribution in [0, 0.1) is 5.92 Å². The van der Waals surface area contributed by atoms with Gasteiger partial charge in [0, 0.05) is 6.54 Å². The van der Waals surface area contributed by atoms with Crippen LogP contribution >= 0.6 is 0 Å². The highest BCUT2D eigenvalue weighted by atomic mass is 15.4. The Morgan fingerprint density at radius 2 is 2.20 bits per heavy atom. The van der Waals surface area contributed by atoms with Crippen molar-refractivity contribution in [1.82, 2.24) is 15.0 Å². The molecule has 2 unspecified atom stereocenters. The molecule has 0 aliphatic heterocycles. The minimum Gasteiger partial charge on any atom is -0.323 e. The minimum atomic E-state index is 0.0280. The highest BCUT2D eigenvalue weighted by Crippen LogP contribution is 2.11. The minimum absolute atomic E-state index is 0.0280. The van der Waals surface area contributed by atoms with E-state index in [9.17, 15) is 0 Å². The molecule has 1 aromatic heterocycles. The third-order valence-electron chi connectivity index (χ3n) is 2.66. The van der Waals surface area contributed by atoms with Gasteiger partial charge in [-0.2, -0.15) is 0 Å². The van der Waals surface area contributed by atoms with Crippen LogP contribution in [0.25, 0.3) is 0 Å². The average molecular weight is 210 g/mol. The van der Waals surface area contributed by atoms with Crippen LogP contribution in [-0.4, -0.2) is 15.0 Å². The summed E-state index contributed by atoms with van der Waals surface area (Å²) in [6.07, 6.45) is 5.33. The Kier molecular flexibility index (Phi) is 4.75. The van der Waals surface area contributed by atoms with Gasteiger partial charge in [0.15, 0.2) is 0 Å². The van der Waals surface area contributed by atoms with E-state index < -0.39 is 0 Å². The molecule has 86 valence electrons. The molecule has 0 aromatic carbocycles. The molecule has 0 fully saturated rings. The molecule has 0 amide bonds. The Morgan fingerprint density at radius 1 is 1.47 bits per heavy atom. The predicted octanol–water partition coefficient (Wildman–Crippen LogP) is 2.12. The van der Waals surface area contributed by atoms with Gasteiger partial charge in [0.2, 0.25) is 0 Å². The van der Waals surface area contributed by atoms with Crippen LogP contribution in [0.4, 0.5) is 0 Å². The first-order chi connectivity index (χ1) is 7.17. The van der Waals surface area contributed by atoms with Gasteiger partial charge < -0.3 is 5.73 Å². The third kappa shape index (κ3) is 3.63. The summed E-state index contributed by atoms with van der Waals surface area (Å²) in [5.74, 6) is 0.655. The lowest BCUT2D eigenvalue weighted by atomic mass is 10.1. The summed E-state index contributed by atoms with van der Waals surface area (Å²) in [6, 6.07) is 0.0280. The van der Waals surface area contributed by atoms with Crippen molar-refractivity contribution in [3.63, 3.8) is 0 Å². The molecule has 1 rings (SSSR count). The van der Waals surface area contributed by atoms with Crippen molar-refractivity contribution in [3.8, 4) is 0 Å². The lowest BCUT2D eigenvalue weighted by molar-refractivity contribution is 0.414. The molecule has 2 N–H and O–H groups in total. The summed E-state index contributed by atoms with van der Waals surface area (Å²) in [5, 5.41) is 8.18. The number of rotatable bonds is 6. The molecule has 1 aromatic rings. The van der Waals surface area contributed by atoms with Crippen molar-refractivity contribution in [2.24, 2.45) is 11.7 Å². The van der Waals surface area contributed by atoms with Crippen LogP contribution in [0.3, 0.4) is 0 Å². The summed E-state index contributed by atoms with van der Waals surface area (Å²) >= 11 is 0. The largest absolute Gasteiger partial charge is 0.323 e. The van der Waals surface area contributed by atoms with E-state index in [1.807, 2.05) is 10.9 Å². The molecule has 0 spiro atoms. The van der Waals surface area contributed by atoms with Gasteiger partial charge in [-0.25, -0.2) is 0 Å². The van der Waals surface area contributed by atoms with Crippen LogP contribution in [-0.2, 0) is 6.54 Å². The molecule has 0 saturated carbocycles. The van der Waals surface area contributed by atoms with Crippen LogP contribution in [0.1, 0.15) is 51.8 Å². The van der Waals surface area contributed by atoms with Crippen LogP contribution in [0.2, 0.25) is 0 Å². The van der Waals surface area contributed by atoms with Gasteiger partial charge in [0.25, 0.3) is 0 Å². The Morgan fingerprint density at radius 3 is 2.80 bits per heavy atom. The number of aromatic nitrogens is 3. The summed E-state index contributed by atoms with van der Waals surface area (Å²) in [4.78, 5) is 0. The van der Waals surface area contributed by atoms with E-state index in [4.69, 9.17) is 5.73 Å². The van der Waals surface area contributed by atoms with Gasteiger partial charge in [0.1, 0.15) is 0 Å². The fraction of sp³-hybridized carbons (Fsp3) is 0.818. The van der Waals surface area contributed by atoms with E-state index in [0.717, 1.165) is 18.7 Å². The SMILES string of the molecule is CCCC(C)Cn1cc(C(N)CC)nn1. The van der Waals surface area contributed by atoms with Gasteiger partial charge in [-0.1, -0.05) is 32.4 Å². The molecule has 4 nitrogen and oxygen atoms in total. The summed E-state index contributed by atoms with van der Waals surface area (Å²) in [7, 11) is 0. The molecule has 4 heteroatoms. The van der Waals surface area contributed by atoms with Crippen LogP contribution < -0.4 is 5.73 Å². The predicted molar refractivity (Wildman–Crippen MR) is 61.3 cm³/mol. The Balaban J connectivity index is 2.52. The van der Waals surface area contributed by atoms with E-state index in [1.54, 1.807) is 0 Å². The number of hydrogen-bond donors (Lipinski definition) is 1. The van der Waals surface area contributed by atoms with Gasteiger partial charge in [-0.05, 0) is 18.8 Å². The highest BCUT2D eigenvalue weighted by Gasteiger charge is 2.09. The molecule has 0 saturated heterocycles. The van der Waals surface area contributed by atoms with E-state index in [-0.39, 0.29) is 6.04 Å². The maximum absolute atomic E-state index is 5.88. The zero-order valence-electron chi connectivity index (χ0n) is 9.98. The molecule has 0 bridgehead atoms. The van der Waals surface area contributed by atoms with Gasteiger partial charge in [-0.15, -0.1) is 5.10 Å².